The number of rotatable bonds is 5. The molecule has 6 nitrogen and oxygen atoms in total. The third kappa shape index (κ3) is 4.73. The number of carbonyl (C=O) groups is 2. The number of carboxylic acid groups (broad SMARTS) is 1. The van der Waals surface area contributed by atoms with Crippen LogP contribution in [0.25, 0.3) is 6.08 Å². The monoisotopic (exact) mass is 386 g/mol. The van der Waals surface area contributed by atoms with Gasteiger partial charge >= 0.3 is 5.97 Å². The molecule has 2 N–H and O–H groups in total. The van der Waals surface area contributed by atoms with Crippen molar-refractivity contribution in [2.75, 3.05) is 0 Å². The smallest absolute Gasteiger partial charge is 0.344 e. The number of aliphatic imine (C=N–C) groups is 1. The van der Waals surface area contributed by atoms with E-state index in [0.717, 1.165) is 17.3 Å². The van der Waals surface area contributed by atoms with Crippen molar-refractivity contribution in [3.8, 4) is 5.75 Å². The summed E-state index contributed by atoms with van der Waals surface area (Å²) >= 11 is 1.11. The minimum Gasteiger partial charge on any atom is -0.479 e. The Bertz CT molecular complexity index is 941. The van der Waals surface area contributed by atoms with Gasteiger partial charge in [0.15, 0.2) is 11.3 Å². The molecule has 1 aliphatic rings. The summed E-state index contributed by atoms with van der Waals surface area (Å²) in [7, 11) is 0. The van der Waals surface area contributed by atoms with E-state index in [1.807, 2.05) is 0 Å². The zero-order valence-electron chi connectivity index (χ0n) is 14.2. The Kier molecular flexibility index (Phi) is 5.56. The maximum Gasteiger partial charge on any atom is 0.344 e. The average molecular weight is 386 g/mol. The first-order valence-electron chi connectivity index (χ1n) is 7.96. The lowest BCUT2D eigenvalue weighted by Crippen LogP contribution is -2.22. The van der Waals surface area contributed by atoms with Crippen LogP contribution in [0.3, 0.4) is 0 Å². The number of ether oxygens (including phenoxy) is 1. The molecule has 1 aliphatic heterocycles. The van der Waals surface area contributed by atoms with Gasteiger partial charge in [-0.2, -0.15) is 0 Å². The van der Waals surface area contributed by atoms with Crippen LogP contribution in [0, 0.1) is 5.82 Å². The van der Waals surface area contributed by atoms with E-state index < -0.39 is 17.9 Å². The van der Waals surface area contributed by atoms with E-state index in [9.17, 15) is 14.0 Å². The first-order valence-corrected chi connectivity index (χ1v) is 8.77. The SMILES string of the molecule is CC(Oc1ccc(/C=C2/SC(=Nc3ccccc3F)NC2=O)cc1)C(=O)O. The van der Waals surface area contributed by atoms with Gasteiger partial charge in [-0.1, -0.05) is 24.3 Å². The maximum absolute atomic E-state index is 13.7. The molecule has 1 heterocycles. The number of carbonyl (C=O) groups excluding carboxylic acids is 1. The molecule has 0 aromatic heterocycles. The molecule has 1 fully saturated rings. The first kappa shape index (κ1) is 18.7. The lowest BCUT2D eigenvalue weighted by atomic mass is 10.2. The molecule has 1 amide bonds. The van der Waals surface area contributed by atoms with Gasteiger partial charge in [-0.05, 0) is 54.6 Å². The Balaban J connectivity index is 1.73. The molecule has 1 atom stereocenters. The Labute approximate surface area is 158 Å². The van der Waals surface area contributed by atoms with Crippen LogP contribution in [-0.4, -0.2) is 28.3 Å². The topological polar surface area (TPSA) is 88.0 Å². The number of nitrogens with zero attached hydrogens (tertiary/aromatic N) is 1. The molecule has 3 rings (SSSR count). The molecular formula is C19H15FN2O4S. The van der Waals surface area contributed by atoms with Crippen molar-refractivity contribution in [2.45, 2.75) is 13.0 Å². The Morgan fingerprint density at radius 3 is 2.63 bits per heavy atom. The third-order valence-electron chi connectivity index (χ3n) is 3.56. The first-order chi connectivity index (χ1) is 12.9. The van der Waals surface area contributed by atoms with Crippen LogP contribution in [-0.2, 0) is 9.59 Å². The van der Waals surface area contributed by atoms with Crippen molar-refractivity contribution in [1.82, 2.24) is 5.32 Å². The number of para-hydroxylation sites is 1. The minimum absolute atomic E-state index is 0.149. The van der Waals surface area contributed by atoms with E-state index in [1.54, 1.807) is 42.5 Å². The Hall–Kier alpha value is -3.13. The number of hydrogen-bond donors (Lipinski definition) is 2. The summed E-state index contributed by atoms with van der Waals surface area (Å²) in [5.41, 5.74) is 0.880. The molecule has 0 aliphatic carbocycles. The second-order valence-corrected chi connectivity index (χ2v) is 6.63. The number of amides is 1. The molecular weight excluding hydrogens is 371 g/mol. The van der Waals surface area contributed by atoms with Gasteiger partial charge in [0.1, 0.15) is 17.3 Å². The predicted molar refractivity (Wildman–Crippen MR) is 101 cm³/mol. The predicted octanol–water partition coefficient (Wildman–Crippen LogP) is 3.57. The van der Waals surface area contributed by atoms with E-state index in [4.69, 9.17) is 9.84 Å². The van der Waals surface area contributed by atoms with Crippen LogP contribution in [0.1, 0.15) is 12.5 Å². The minimum atomic E-state index is -1.05. The molecule has 0 spiro atoms. The summed E-state index contributed by atoms with van der Waals surface area (Å²) in [6.45, 7) is 1.44. The number of thioether (sulfide) groups is 1. The highest BCUT2D eigenvalue weighted by atomic mass is 32.2. The summed E-state index contributed by atoms with van der Waals surface area (Å²) in [5, 5.41) is 11.7. The van der Waals surface area contributed by atoms with Gasteiger partial charge in [0.05, 0.1) is 4.91 Å². The molecule has 27 heavy (non-hydrogen) atoms. The van der Waals surface area contributed by atoms with Crippen LogP contribution in [0.5, 0.6) is 5.75 Å². The zero-order chi connectivity index (χ0) is 19.4. The van der Waals surface area contributed by atoms with Gasteiger partial charge in [-0.25, -0.2) is 14.2 Å². The zero-order valence-corrected chi connectivity index (χ0v) is 15.0. The van der Waals surface area contributed by atoms with Crippen molar-refractivity contribution in [1.29, 1.82) is 0 Å². The molecule has 2 aromatic rings. The molecule has 0 bridgehead atoms. The summed E-state index contributed by atoms with van der Waals surface area (Å²) < 4.78 is 18.9. The van der Waals surface area contributed by atoms with E-state index in [2.05, 4.69) is 10.3 Å². The van der Waals surface area contributed by atoms with Crippen LogP contribution >= 0.6 is 11.8 Å². The van der Waals surface area contributed by atoms with Crippen LogP contribution < -0.4 is 10.1 Å². The van der Waals surface area contributed by atoms with Gasteiger partial charge in [0, 0.05) is 0 Å². The van der Waals surface area contributed by atoms with Crippen molar-refractivity contribution >= 4 is 40.6 Å². The molecule has 0 saturated carbocycles. The number of hydrogen-bond acceptors (Lipinski definition) is 5. The fourth-order valence-electron chi connectivity index (χ4n) is 2.18. The number of amidine groups is 1. The van der Waals surface area contributed by atoms with Gasteiger partial charge < -0.3 is 15.2 Å². The fraction of sp³-hybridized carbons (Fsp3) is 0.105. The van der Waals surface area contributed by atoms with Gasteiger partial charge in [0.2, 0.25) is 0 Å². The summed E-state index contributed by atoms with van der Waals surface area (Å²) in [5.74, 6) is -1.43. The second kappa shape index (κ2) is 8.05. The maximum atomic E-state index is 13.7. The average Bonchev–Trinajstić information content (AvgIpc) is 2.97. The van der Waals surface area contributed by atoms with Crippen LogP contribution in [0.15, 0.2) is 58.4 Å². The number of nitrogens with one attached hydrogen (secondary N) is 1. The second-order valence-electron chi connectivity index (χ2n) is 5.60. The number of benzene rings is 2. The van der Waals surface area contributed by atoms with Crippen molar-refractivity contribution in [3.05, 3.63) is 64.8 Å². The van der Waals surface area contributed by atoms with E-state index in [1.165, 1.54) is 19.1 Å². The van der Waals surface area contributed by atoms with Gasteiger partial charge in [0.25, 0.3) is 5.91 Å². The molecule has 138 valence electrons. The van der Waals surface area contributed by atoms with Crippen molar-refractivity contribution < 1.29 is 23.8 Å². The largest absolute Gasteiger partial charge is 0.479 e. The summed E-state index contributed by atoms with van der Waals surface area (Å²) in [6.07, 6.45) is 0.705. The van der Waals surface area contributed by atoms with Crippen LogP contribution in [0.4, 0.5) is 10.1 Å². The molecule has 8 heteroatoms. The highest BCUT2D eigenvalue weighted by Crippen LogP contribution is 2.29. The van der Waals surface area contributed by atoms with Crippen molar-refractivity contribution in [2.24, 2.45) is 4.99 Å². The lowest BCUT2D eigenvalue weighted by molar-refractivity contribution is -0.144. The fourth-order valence-corrected chi connectivity index (χ4v) is 3.02. The molecule has 2 aromatic carbocycles. The van der Waals surface area contributed by atoms with E-state index in [-0.39, 0.29) is 11.6 Å². The van der Waals surface area contributed by atoms with Gasteiger partial charge in [-0.3, -0.25) is 4.79 Å². The Morgan fingerprint density at radius 1 is 1.26 bits per heavy atom. The van der Waals surface area contributed by atoms with Crippen molar-refractivity contribution in [3.63, 3.8) is 0 Å². The number of carboxylic acids is 1. The number of halogens is 1. The molecule has 1 unspecified atom stereocenters. The standard InChI is InChI=1S/C19H15FN2O4S/c1-11(18(24)25)26-13-8-6-12(7-9-13)10-16-17(23)22-19(27-16)21-15-5-3-2-4-14(15)20/h2-11H,1H3,(H,24,25)(H,21,22,23)/b16-10+. The van der Waals surface area contributed by atoms with Gasteiger partial charge in [-0.15, -0.1) is 0 Å². The molecule has 1 saturated heterocycles. The van der Waals surface area contributed by atoms with Crippen LogP contribution in [0.2, 0.25) is 0 Å². The highest BCUT2D eigenvalue weighted by molar-refractivity contribution is 8.18. The van der Waals surface area contributed by atoms with E-state index >= 15 is 0 Å². The normalized spacial score (nSPS) is 17.8. The summed E-state index contributed by atoms with van der Waals surface area (Å²) in [4.78, 5) is 27.4. The third-order valence-corrected chi connectivity index (χ3v) is 4.47. The Morgan fingerprint density at radius 2 is 1.96 bits per heavy atom. The highest BCUT2D eigenvalue weighted by Gasteiger charge is 2.24. The lowest BCUT2D eigenvalue weighted by Gasteiger charge is -2.10. The van der Waals surface area contributed by atoms with E-state index in [0.29, 0.717) is 15.8 Å². The molecule has 0 radical (unpaired) electrons. The summed E-state index contributed by atoms with van der Waals surface area (Å²) in [6, 6.07) is 12.7. The number of aliphatic carboxylic acids is 1. The quantitative estimate of drug-likeness (QED) is 0.767.